The summed E-state index contributed by atoms with van der Waals surface area (Å²) >= 11 is 1.71. The summed E-state index contributed by atoms with van der Waals surface area (Å²) in [5, 5.41) is 12.7. The van der Waals surface area contributed by atoms with Gasteiger partial charge in [0.25, 0.3) is 0 Å². The monoisotopic (exact) mass is 211 g/mol. The average molecular weight is 211 g/mol. The summed E-state index contributed by atoms with van der Waals surface area (Å²) < 4.78 is 0. The smallest absolute Gasteiger partial charge is 0.101 e. The molecule has 78 valence electrons. The molecule has 3 heteroatoms. The van der Waals surface area contributed by atoms with Crippen LogP contribution in [0.25, 0.3) is 0 Å². The molecule has 0 aromatic carbocycles. The Kier molecular flexibility index (Phi) is 2.62. The third kappa shape index (κ3) is 1.48. The predicted molar refractivity (Wildman–Crippen MR) is 58.8 cm³/mol. The molecule has 0 radical (unpaired) electrons. The Labute approximate surface area is 89.0 Å². The van der Waals surface area contributed by atoms with Crippen LogP contribution in [-0.2, 0) is 5.41 Å². The van der Waals surface area contributed by atoms with Crippen molar-refractivity contribution in [2.24, 2.45) is 0 Å². The van der Waals surface area contributed by atoms with Gasteiger partial charge in [0.05, 0.1) is 12.3 Å². The summed E-state index contributed by atoms with van der Waals surface area (Å²) in [4.78, 5) is 4.63. The number of aliphatic hydroxyl groups excluding tert-OH is 1. The van der Waals surface area contributed by atoms with Crippen molar-refractivity contribution in [3.8, 4) is 0 Å². The van der Waals surface area contributed by atoms with Gasteiger partial charge in [0, 0.05) is 10.8 Å². The SMILES string of the molecule is CC(C)c1csc(C2(CO)CCC2)n1. The van der Waals surface area contributed by atoms with Crippen LogP contribution >= 0.6 is 11.3 Å². The van der Waals surface area contributed by atoms with Gasteiger partial charge in [0.15, 0.2) is 0 Å². The van der Waals surface area contributed by atoms with E-state index in [4.69, 9.17) is 0 Å². The van der Waals surface area contributed by atoms with Crippen LogP contribution in [0.2, 0.25) is 0 Å². The Balaban J connectivity index is 2.23. The molecular formula is C11H17NOS. The predicted octanol–water partition coefficient (Wildman–Crippen LogP) is 2.68. The molecule has 0 spiro atoms. The van der Waals surface area contributed by atoms with E-state index in [1.54, 1.807) is 11.3 Å². The highest BCUT2D eigenvalue weighted by Crippen LogP contribution is 2.44. The largest absolute Gasteiger partial charge is 0.395 e. The molecule has 1 saturated carbocycles. The molecule has 0 saturated heterocycles. The van der Waals surface area contributed by atoms with Gasteiger partial charge >= 0.3 is 0 Å². The number of aliphatic hydroxyl groups is 1. The first kappa shape index (κ1) is 10.1. The van der Waals surface area contributed by atoms with E-state index < -0.39 is 0 Å². The zero-order valence-electron chi connectivity index (χ0n) is 8.79. The van der Waals surface area contributed by atoms with Gasteiger partial charge in [-0.25, -0.2) is 4.98 Å². The topological polar surface area (TPSA) is 33.1 Å². The summed E-state index contributed by atoms with van der Waals surface area (Å²) in [7, 11) is 0. The third-order valence-electron chi connectivity index (χ3n) is 3.18. The fraction of sp³-hybridized carbons (Fsp3) is 0.727. The van der Waals surface area contributed by atoms with Crippen LogP contribution in [0.5, 0.6) is 0 Å². The second-order valence-electron chi connectivity index (χ2n) is 4.52. The molecule has 0 bridgehead atoms. The van der Waals surface area contributed by atoms with Crippen molar-refractivity contribution in [2.75, 3.05) is 6.61 Å². The number of hydrogen-bond donors (Lipinski definition) is 1. The van der Waals surface area contributed by atoms with Crippen LogP contribution in [0, 0.1) is 0 Å². The normalized spacial score (nSPS) is 19.7. The molecule has 0 unspecified atom stereocenters. The van der Waals surface area contributed by atoms with Crippen molar-refractivity contribution in [2.45, 2.75) is 44.4 Å². The summed E-state index contributed by atoms with van der Waals surface area (Å²) in [6.07, 6.45) is 3.44. The lowest BCUT2D eigenvalue weighted by Gasteiger charge is -2.38. The van der Waals surface area contributed by atoms with Gasteiger partial charge in [-0.05, 0) is 18.8 Å². The highest BCUT2D eigenvalue weighted by molar-refractivity contribution is 7.09. The molecule has 1 aliphatic rings. The van der Waals surface area contributed by atoms with Crippen molar-refractivity contribution >= 4 is 11.3 Å². The number of aromatic nitrogens is 1. The summed E-state index contributed by atoms with van der Waals surface area (Å²) in [5.41, 5.74) is 1.20. The second-order valence-corrected chi connectivity index (χ2v) is 5.38. The quantitative estimate of drug-likeness (QED) is 0.834. The van der Waals surface area contributed by atoms with Crippen molar-refractivity contribution < 1.29 is 5.11 Å². The fourth-order valence-electron chi connectivity index (χ4n) is 1.84. The minimum absolute atomic E-state index is 0.0256. The van der Waals surface area contributed by atoms with Crippen LogP contribution in [0.4, 0.5) is 0 Å². The molecule has 2 rings (SSSR count). The van der Waals surface area contributed by atoms with Crippen LogP contribution < -0.4 is 0 Å². The molecule has 1 aromatic heterocycles. The first-order chi connectivity index (χ1) is 6.68. The second kappa shape index (κ2) is 3.63. The number of rotatable bonds is 3. The maximum atomic E-state index is 9.40. The minimum atomic E-state index is 0.0256. The molecule has 1 N–H and O–H groups in total. The maximum absolute atomic E-state index is 9.40. The van der Waals surface area contributed by atoms with Gasteiger partial charge in [-0.3, -0.25) is 0 Å². The zero-order valence-corrected chi connectivity index (χ0v) is 9.60. The standard InChI is InChI=1S/C11H17NOS/c1-8(2)9-6-14-10(12-9)11(7-13)4-3-5-11/h6,8,13H,3-5,7H2,1-2H3. The van der Waals surface area contributed by atoms with E-state index in [1.165, 1.54) is 12.1 Å². The first-order valence-electron chi connectivity index (χ1n) is 5.25. The van der Waals surface area contributed by atoms with Crippen LogP contribution in [0.3, 0.4) is 0 Å². The Morgan fingerprint density at radius 1 is 1.57 bits per heavy atom. The lowest BCUT2D eigenvalue weighted by Crippen LogP contribution is -2.37. The summed E-state index contributed by atoms with van der Waals surface area (Å²) in [5.74, 6) is 0.496. The van der Waals surface area contributed by atoms with Crippen molar-refractivity contribution in [1.29, 1.82) is 0 Å². The molecular weight excluding hydrogens is 194 g/mol. The van der Waals surface area contributed by atoms with Crippen LogP contribution in [-0.4, -0.2) is 16.7 Å². The van der Waals surface area contributed by atoms with E-state index >= 15 is 0 Å². The van der Waals surface area contributed by atoms with Gasteiger partial charge < -0.3 is 5.11 Å². The number of hydrogen-bond acceptors (Lipinski definition) is 3. The maximum Gasteiger partial charge on any atom is 0.101 e. The van der Waals surface area contributed by atoms with Crippen LogP contribution in [0.15, 0.2) is 5.38 Å². The molecule has 2 nitrogen and oxygen atoms in total. The Hall–Kier alpha value is -0.410. The van der Waals surface area contributed by atoms with Crippen LogP contribution in [0.1, 0.15) is 49.7 Å². The Bertz CT molecular complexity index is 309. The van der Waals surface area contributed by atoms with Crippen molar-refractivity contribution in [1.82, 2.24) is 4.98 Å². The molecule has 0 atom stereocenters. The van der Waals surface area contributed by atoms with E-state index in [9.17, 15) is 5.11 Å². The van der Waals surface area contributed by atoms with Crippen molar-refractivity contribution in [3.63, 3.8) is 0 Å². The van der Waals surface area contributed by atoms with E-state index in [-0.39, 0.29) is 12.0 Å². The van der Waals surface area contributed by atoms with E-state index in [1.807, 2.05) is 0 Å². The Morgan fingerprint density at radius 2 is 2.29 bits per heavy atom. The summed E-state index contributed by atoms with van der Waals surface area (Å²) in [6, 6.07) is 0. The molecule has 0 aliphatic heterocycles. The lowest BCUT2D eigenvalue weighted by molar-refractivity contribution is 0.120. The lowest BCUT2D eigenvalue weighted by atomic mass is 9.70. The van der Waals surface area contributed by atoms with Gasteiger partial charge in [-0.1, -0.05) is 20.3 Å². The molecule has 14 heavy (non-hydrogen) atoms. The van der Waals surface area contributed by atoms with Gasteiger partial charge in [-0.2, -0.15) is 0 Å². The van der Waals surface area contributed by atoms with Gasteiger partial charge in [0.2, 0.25) is 0 Å². The average Bonchev–Trinajstić information content (AvgIpc) is 2.52. The minimum Gasteiger partial charge on any atom is -0.395 e. The highest BCUT2D eigenvalue weighted by Gasteiger charge is 2.40. The zero-order chi connectivity index (χ0) is 10.2. The molecule has 1 heterocycles. The fourth-order valence-corrected chi connectivity index (χ4v) is 3.07. The van der Waals surface area contributed by atoms with E-state index in [0.29, 0.717) is 5.92 Å². The molecule has 1 aromatic rings. The van der Waals surface area contributed by atoms with Gasteiger partial charge in [-0.15, -0.1) is 11.3 Å². The van der Waals surface area contributed by atoms with E-state index in [0.717, 1.165) is 17.8 Å². The van der Waals surface area contributed by atoms with Gasteiger partial charge in [0.1, 0.15) is 5.01 Å². The first-order valence-corrected chi connectivity index (χ1v) is 6.13. The third-order valence-corrected chi connectivity index (χ3v) is 4.29. The molecule has 1 fully saturated rings. The number of thiazole rings is 1. The molecule has 0 amide bonds. The molecule has 1 aliphatic carbocycles. The Morgan fingerprint density at radius 3 is 2.64 bits per heavy atom. The highest BCUT2D eigenvalue weighted by atomic mass is 32.1. The van der Waals surface area contributed by atoms with E-state index in [2.05, 4.69) is 24.2 Å². The number of nitrogens with zero attached hydrogens (tertiary/aromatic N) is 1. The summed E-state index contributed by atoms with van der Waals surface area (Å²) in [6.45, 7) is 4.58. The van der Waals surface area contributed by atoms with Crippen molar-refractivity contribution in [3.05, 3.63) is 16.1 Å².